The summed E-state index contributed by atoms with van der Waals surface area (Å²) in [6.45, 7) is 1.84. The smallest absolute Gasteiger partial charge is 0.418 e. The zero-order chi connectivity index (χ0) is 18.4. The SMILES string of the molecule is C[C@]1(O)C[C@@H](N2C(=O)NCc3cc(OCCBr)cc(C(F)(F)F)c32)C1. The highest BCUT2D eigenvalue weighted by Gasteiger charge is 2.48. The van der Waals surface area contributed by atoms with E-state index in [0.29, 0.717) is 10.9 Å². The van der Waals surface area contributed by atoms with Gasteiger partial charge in [0.05, 0.1) is 23.5 Å². The maximum atomic E-state index is 13.6. The van der Waals surface area contributed by atoms with Gasteiger partial charge in [0.25, 0.3) is 0 Å². The molecule has 0 radical (unpaired) electrons. The van der Waals surface area contributed by atoms with E-state index in [4.69, 9.17) is 4.74 Å². The number of fused-ring (bicyclic) bond motifs is 1. The van der Waals surface area contributed by atoms with E-state index in [1.807, 2.05) is 0 Å². The molecule has 1 aromatic rings. The van der Waals surface area contributed by atoms with Crippen LogP contribution < -0.4 is 15.0 Å². The van der Waals surface area contributed by atoms with Crippen LogP contribution in [0.5, 0.6) is 5.75 Å². The number of rotatable bonds is 4. The summed E-state index contributed by atoms with van der Waals surface area (Å²) in [6, 6.07) is 1.41. The summed E-state index contributed by atoms with van der Waals surface area (Å²) in [5.74, 6) is 0.113. The molecular weight excluding hydrogens is 405 g/mol. The summed E-state index contributed by atoms with van der Waals surface area (Å²) < 4.78 is 46.3. The van der Waals surface area contributed by atoms with E-state index in [-0.39, 0.29) is 37.4 Å². The molecule has 0 bridgehead atoms. The van der Waals surface area contributed by atoms with Crippen LogP contribution in [0, 0.1) is 0 Å². The van der Waals surface area contributed by atoms with Gasteiger partial charge in [-0.1, -0.05) is 15.9 Å². The maximum Gasteiger partial charge on any atom is 0.418 e. The van der Waals surface area contributed by atoms with Gasteiger partial charge in [-0.2, -0.15) is 13.2 Å². The summed E-state index contributed by atoms with van der Waals surface area (Å²) in [7, 11) is 0. The molecule has 0 saturated heterocycles. The van der Waals surface area contributed by atoms with Gasteiger partial charge in [0.1, 0.15) is 5.75 Å². The number of halogens is 4. The number of carbonyl (C=O) groups excluding carboxylic acids is 1. The third-order valence-corrected chi connectivity index (χ3v) is 4.74. The lowest BCUT2D eigenvalue weighted by molar-refractivity contribution is -0.137. The van der Waals surface area contributed by atoms with Crippen molar-refractivity contribution < 1.29 is 27.8 Å². The van der Waals surface area contributed by atoms with Gasteiger partial charge in [-0.3, -0.25) is 4.90 Å². The molecule has 25 heavy (non-hydrogen) atoms. The lowest BCUT2D eigenvalue weighted by Gasteiger charge is -2.48. The number of nitrogens with zero attached hydrogens (tertiary/aromatic N) is 1. The number of benzene rings is 1. The van der Waals surface area contributed by atoms with Crippen LogP contribution in [0.3, 0.4) is 0 Å². The molecule has 0 aromatic heterocycles. The van der Waals surface area contributed by atoms with Crippen LogP contribution in [-0.2, 0) is 12.7 Å². The fourth-order valence-electron chi connectivity index (χ4n) is 3.38. The number of amides is 2. The number of hydrogen-bond acceptors (Lipinski definition) is 3. The van der Waals surface area contributed by atoms with Crippen LogP contribution >= 0.6 is 15.9 Å². The van der Waals surface area contributed by atoms with E-state index < -0.39 is 29.4 Å². The average Bonchev–Trinajstić information content (AvgIpc) is 2.49. The van der Waals surface area contributed by atoms with Crippen molar-refractivity contribution in [3.8, 4) is 5.75 Å². The molecule has 1 aromatic carbocycles. The monoisotopic (exact) mass is 422 g/mol. The van der Waals surface area contributed by atoms with Gasteiger partial charge in [-0.05, 0) is 37.5 Å². The fraction of sp³-hybridized carbons (Fsp3) is 0.562. The third kappa shape index (κ3) is 3.57. The van der Waals surface area contributed by atoms with Crippen molar-refractivity contribution in [1.29, 1.82) is 0 Å². The molecule has 0 atom stereocenters. The summed E-state index contributed by atoms with van der Waals surface area (Å²) in [4.78, 5) is 13.4. The molecule has 3 rings (SSSR count). The van der Waals surface area contributed by atoms with Crippen LogP contribution in [0.2, 0.25) is 0 Å². The Bertz CT molecular complexity index is 686. The highest BCUT2D eigenvalue weighted by atomic mass is 79.9. The molecular formula is C16H18BrF3N2O3. The molecule has 1 aliphatic heterocycles. The minimum absolute atomic E-state index is 0.00235. The van der Waals surface area contributed by atoms with Gasteiger partial charge < -0.3 is 15.2 Å². The largest absolute Gasteiger partial charge is 0.493 e. The minimum atomic E-state index is -4.63. The quantitative estimate of drug-likeness (QED) is 0.730. The first-order valence-electron chi connectivity index (χ1n) is 7.85. The molecule has 9 heteroatoms. The second-order valence-corrected chi connectivity index (χ2v) is 7.39. The maximum absolute atomic E-state index is 13.6. The Morgan fingerprint density at radius 3 is 2.68 bits per heavy atom. The summed E-state index contributed by atoms with van der Waals surface area (Å²) >= 11 is 3.17. The summed E-state index contributed by atoms with van der Waals surface area (Å²) in [5, 5.41) is 13.0. The fourth-order valence-corrected chi connectivity index (χ4v) is 3.55. The van der Waals surface area contributed by atoms with Crippen molar-refractivity contribution in [2.24, 2.45) is 0 Å². The first kappa shape index (κ1) is 18.3. The van der Waals surface area contributed by atoms with Crippen LogP contribution in [0.25, 0.3) is 0 Å². The van der Waals surface area contributed by atoms with Gasteiger partial charge in [-0.15, -0.1) is 0 Å². The average molecular weight is 423 g/mol. The summed E-state index contributed by atoms with van der Waals surface area (Å²) in [6.07, 6.45) is -4.15. The first-order chi connectivity index (χ1) is 11.6. The van der Waals surface area contributed by atoms with Crippen molar-refractivity contribution in [3.63, 3.8) is 0 Å². The van der Waals surface area contributed by atoms with E-state index in [1.165, 1.54) is 6.07 Å². The molecule has 2 aliphatic rings. The predicted molar refractivity (Wildman–Crippen MR) is 89.1 cm³/mol. The van der Waals surface area contributed by atoms with E-state index in [9.17, 15) is 23.1 Å². The Hall–Kier alpha value is -1.48. The van der Waals surface area contributed by atoms with Crippen LogP contribution in [0.4, 0.5) is 23.7 Å². The van der Waals surface area contributed by atoms with Gasteiger partial charge in [0.15, 0.2) is 0 Å². The number of anilines is 1. The van der Waals surface area contributed by atoms with Gasteiger partial charge in [-0.25, -0.2) is 4.79 Å². The first-order valence-corrected chi connectivity index (χ1v) is 8.97. The molecule has 138 valence electrons. The Morgan fingerprint density at radius 1 is 1.44 bits per heavy atom. The number of ether oxygens (including phenoxy) is 1. The number of nitrogens with one attached hydrogen (secondary N) is 1. The topological polar surface area (TPSA) is 61.8 Å². The standard InChI is InChI=1S/C16H18BrF3N2O3/c1-15(24)6-10(7-15)22-13-9(8-21-14(22)23)4-11(25-3-2-17)5-12(13)16(18,19)20/h4-5,10,24H,2-3,6-8H2,1H3,(H,21,23)/t10-,15+. The van der Waals surface area contributed by atoms with Crippen molar-refractivity contribution in [1.82, 2.24) is 5.32 Å². The minimum Gasteiger partial charge on any atom is -0.493 e. The zero-order valence-corrected chi connectivity index (χ0v) is 15.1. The van der Waals surface area contributed by atoms with Gasteiger partial charge in [0.2, 0.25) is 0 Å². The highest BCUT2D eigenvalue weighted by Crippen LogP contribution is 2.46. The highest BCUT2D eigenvalue weighted by molar-refractivity contribution is 9.09. The number of alkyl halides is 4. The second kappa shape index (κ2) is 6.35. The molecule has 2 amide bonds. The van der Waals surface area contributed by atoms with Crippen LogP contribution in [0.1, 0.15) is 30.9 Å². The molecule has 1 fully saturated rings. The Morgan fingerprint density at radius 2 is 2.12 bits per heavy atom. The number of aliphatic hydroxyl groups is 1. The third-order valence-electron chi connectivity index (χ3n) is 4.42. The molecule has 1 saturated carbocycles. The van der Waals surface area contributed by atoms with E-state index in [2.05, 4.69) is 21.2 Å². The normalized spacial score (nSPS) is 25.9. The van der Waals surface area contributed by atoms with Gasteiger partial charge in [0, 0.05) is 17.9 Å². The second-order valence-electron chi connectivity index (χ2n) is 6.60. The Balaban J connectivity index is 2.06. The van der Waals surface area contributed by atoms with E-state index in [1.54, 1.807) is 6.92 Å². The lowest BCUT2D eigenvalue weighted by Crippen LogP contribution is -2.59. The lowest BCUT2D eigenvalue weighted by atomic mass is 9.76. The van der Waals surface area contributed by atoms with Crippen molar-refractivity contribution >= 4 is 27.6 Å². The molecule has 2 N–H and O–H groups in total. The number of hydrogen-bond donors (Lipinski definition) is 2. The zero-order valence-electron chi connectivity index (χ0n) is 13.5. The van der Waals surface area contributed by atoms with Crippen molar-refractivity contribution in [2.45, 2.75) is 44.1 Å². The Kier molecular flexibility index (Phi) is 4.65. The molecule has 1 heterocycles. The van der Waals surface area contributed by atoms with Crippen LogP contribution in [-0.4, -0.2) is 34.7 Å². The van der Waals surface area contributed by atoms with Crippen LogP contribution in [0.15, 0.2) is 12.1 Å². The Labute approximate surface area is 151 Å². The molecule has 5 nitrogen and oxygen atoms in total. The van der Waals surface area contributed by atoms with Gasteiger partial charge >= 0.3 is 12.2 Å². The summed E-state index contributed by atoms with van der Waals surface area (Å²) in [5.41, 5.74) is -1.63. The van der Waals surface area contributed by atoms with Crippen molar-refractivity contribution in [2.75, 3.05) is 16.8 Å². The predicted octanol–water partition coefficient (Wildman–Crippen LogP) is 3.42. The van der Waals surface area contributed by atoms with Crippen molar-refractivity contribution in [3.05, 3.63) is 23.3 Å². The van der Waals surface area contributed by atoms with E-state index >= 15 is 0 Å². The number of urea groups is 1. The molecule has 0 spiro atoms. The molecule has 1 aliphatic carbocycles. The number of carbonyl (C=O) groups is 1. The van der Waals surface area contributed by atoms with E-state index in [0.717, 1.165) is 11.0 Å². The molecule has 0 unspecified atom stereocenters.